The van der Waals surface area contributed by atoms with Crippen molar-refractivity contribution in [2.75, 3.05) is 6.61 Å². The van der Waals surface area contributed by atoms with Crippen molar-refractivity contribution in [1.29, 1.82) is 0 Å². The first kappa shape index (κ1) is 29.9. The predicted octanol–water partition coefficient (Wildman–Crippen LogP) is 3.41. The lowest BCUT2D eigenvalue weighted by atomic mass is 10.0. The van der Waals surface area contributed by atoms with Crippen molar-refractivity contribution in [3.63, 3.8) is 0 Å². The van der Waals surface area contributed by atoms with Crippen molar-refractivity contribution in [1.82, 2.24) is 4.98 Å². The molecular weight excluding hydrogens is 526 g/mol. The Hall–Kier alpha value is -3.60. The highest BCUT2D eigenvalue weighted by atomic mass is 32.2. The Morgan fingerprint density at radius 3 is 1.97 bits per heavy atom. The van der Waals surface area contributed by atoms with E-state index in [9.17, 15) is 19.2 Å². The number of hydrogen-bond donors (Lipinski definition) is 0. The summed E-state index contributed by atoms with van der Waals surface area (Å²) in [7, 11) is 0. The van der Waals surface area contributed by atoms with Crippen LogP contribution in [0.25, 0.3) is 0 Å². The van der Waals surface area contributed by atoms with Gasteiger partial charge in [0, 0.05) is 45.9 Å². The average molecular weight is 560 g/mol. The van der Waals surface area contributed by atoms with Crippen LogP contribution in [0.5, 0.6) is 5.75 Å². The monoisotopic (exact) mass is 559 g/mol. The summed E-state index contributed by atoms with van der Waals surface area (Å²) in [5, 5.41) is -0.694. The van der Waals surface area contributed by atoms with Gasteiger partial charge >= 0.3 is 23.9 Å². The van der Waals surface area contributed by atoms with Crippen LogP contribution < -0.4 is 4.74 Å². The summed E-state index contributed by atoms with van der Waals surface area (Å²) in [6, 6.07) is 10.1. The number of hydrogen-bond acceptors (Lipinski definition) is 11. The van der Waals surface area contributed by atoms with E-state index in [4.69, 9.17) is 23.7 Å². The maximum Gasteiger partial charge on any atom is 0.303 e. The van der Waals surface area contributed by atoms with Gasteiger partial charge in [0.25, 0.3) is 0 Å². The summed E-state index contributed by atoms with van der Waals surface area (Å²) in [4.78, 5) is 51.9. The Labute approximate surface area is 231 Å². The maximum absolute atomic E-state index is 12.1. The van der Waals surface area contributed by atoms with Gasteiger partial charge in [0.05, 0.1) is 11.4 Å². The molecule has 0 bridgehead atoms. The molecule has 2 aromatic rings. The van der Waals surface area contributed by atoms with E-state index in [0.29, 0.717) is 12.2 Å². The fraction of sp³-hybridized carbons (Fsp3) is 0.464. The molecule has 39 heavy (non-hydrogen) atoms. The third-order valence-corrected chi connectivity index (χ3v) is 7.27. The van der Waals surface area contributed by atoms with Crippen molar-refractivity contribution in [3.8, 4) is 5.75 Å². The second kappa shape index (κ2) is 14.0. The molecule has 10 nitrogen and oxygen atoms in total. The van der Waals surface area contributed by atoms with E-state index in [1.54, 1.807) is 12.4 Å². The molecule has 0 amide bonds. The first-order valence-corrected chi connectivity index (χ1v) is 13.5. The van der Waals surface area contributed by atoms with E-state index in [1.807, 2.05) is 6.07 Å². The fourth-order valence-corrected chi connectivity index (χ4v) is 5.56. The Kier molecular flexibility index (Phi) is 10.7. The van der Waals surface area contributed by atoms with Crippen LogP contribution in [0.2, 0.25) is 0 Å². The molecule has 11 heteroatoms. The topological polar surface area (TPSA) is 127 Å². The number of ether oxygens (including phenoxy) is 5. The number of rotatable bonds is 10. The number of aryl methyl sites for hydroxylation is 1. The molecule has 5 atom stereocenters. The minimum atomic E-state index is -1.22. The van der Waals surface area contributed by atoms with Gasteiger partial charge in [-0.3, -0.25) is 24.2 Å². The molecule has 0 unspecified atom stereocenters. The van der Waals surface area contributed by atoms with Crippen LogP contribution in [-0.4, -0.2) is 64.5 Å². The Morgan fingerprint density at radius 2 is 1.38 bits per heavy atom. The van der Waals surface area contributed by atoms with Gasteiger partial charge in [-0.2, -0.15) is 0 Å². The lowest BCUT2D eigenvalue weighted by Gasteiger charge is -2.43. The van der Waals surface area contributed by atoms with E-state index >= 15 is 0 Å². The number of thioether (sulfide) groups is 1. The summed E-state index contributed by atoms with van der Waals surface area (Å²) in [5.41, 5.74) is 2.21. The molecule has 1 aliphatic rings. The molecule has 0 aliphatic carbocycles. The minimum Gasteiger partial charge on any atom is -0.474 e. The molecule has 1 aromatic heterocycles. The Balaban J connectivity index is 1.97. The van der Waals surface area contributed by atoms with Crippen molar-refractivity contribution in [2.45, 2.75) is 76.5 Å². The maximum atomic E-state index is 12.1. The van der Waals surface area contributed by atoms with Crippen LogP contribution in [0.15, 0.2) is 42.7 Å². The van der Waals surface area contributed by atoms with Crippen LogP contribution >= 0.6 is 11.8 Å². The summed E-state index contributed by atoms with van der Waals surface area (Å²) in [6.45, 7) is 6.80. The van der Waals surface area contributed by atoms with E-state index in [0.717, 1.165) is 29.3 Å². The lowest BCUT2D eigenvalue weighted by molar-refractivity contribution is -0.190. The Morgan fingerprint density at radius 1 is 0.795 bits per heavy atom. The number of esters is 4. The fourth-order valence-electron chi connectivity index (χ4n) is 4.18. The van der Waals surface area contributed by atoms with Crippen molar-refractivity contribution < 1.29 is 42.9 Å². The van der Waals surface area contributed by atoms with E-state index in [-0.39, 0.29) is 6.61 Å². The first-order chi connectivity index (χ1) is 18.6. The molecule has 0 spiro atoms. The zero-order chi connectivity index (χ0) is 28.5. The summed E-state index contributed by atoms with van der Waals surface area (Å²) in [6.07, 6.45) is 1.26. The van der Waals surface area contributed by atoms with E-state index in [2.05, 4.69) is 36.2 Å². The quantitative estimate of drug-likeness (QED) is 0.314. The lowest BCUT2D eigenvalue weighted by Crippen LogP contribution is -2.59. The molecule has 210 valence electrons. The third-order valence-electron chi connectivity index (χ3n) is 5.89. The number of nitrogens with zero attached hydrogens (tertiary/aromatic N) is 1. The van der Waals surface area contributed by atoms with Gasteiger partial charge in [-0.25, -0.2) is 0 Å². The van der Waals surface area contributed by atoms with Crippen molar-refractivity contribution in [3.05, 3.63) is 59.4 Å². The smallest absolute Gasteiger partial charge is 0.303 e. The molecule has 1 aromatic carbocycles. The molecule has 0 radical (unpaired) electrons. The highest BCUT2D eigenvalue weighted by Crippen LogP contribution is 2.40. The summed E-state index contributed by atoms with van der Waals surface area (Å²) < 4.78 is 28.2. The van der Waals surface area contributed by atoms with E-state index in [1.165, 1.54) is 33.3 Å². The van der Waals surface area contributed by atoms with Gasteiger partial charge in [-0.15, -0.1) is 11.8 Å². The van der Waals surface area contributed by atoms with Gasteiger partial charge in [-0.1, -0.05) is 31.2 Å². The normalized spacial score (nSPS) is 22.3. The molecule has 0 saturated carbocycles. The average Bonchev–Trinajstić information content (AvgIpc) is 2.87. The van der Waals surface area contributed by atoms with Crippen molar-refractivity contribution >= 4 is 35.6 Å². The molecular formula is C28H33NO9S. The summed E-state index contributed by atoms with van der Waals surface area (Å²) >= 11 is 1.15. The number of carbonyl (C=O) groups is 4. The second-order valence-electron chi connectivity index (χ2n) is 9.02. The van der Waals surface area contributed by atoms with Gasteiger partial charge in [0.15, 0.2) is 23.7 Å². The predicted molar refractivity (Wildman–Crippen MR) is 142 cm³/mol. The van der Waals surface area contributed by atoms with Gasteiger partial charge in [0.1, 0.15) is 12.4 Å². The van der Waals surface area contributed by atoms with Gasteiger partial charge in [-0.05, 0) is 23.6 Å². The molecule has 1 fully saturated rings. The number of carbonyl (C=O) groups excluding carboxylic acids is 4. The first-order valence-electron chi connectivity index (χ1n) is 12.5. The minimum absolute atomic E-state index is 0.161. The molecule has 2 heterocycles. The number of aromatic nitrogens is 1. The second-order valence-corrected chi connectivity index (χ2v) is 10.4. The van der Waals surface area contributed by atoms with Crippen LogP contribution in [-0.2, 0) is 51.0 Å². The molecule has 0 N–H and O–H groups in total. The Bertz CT molecular complexity index is 1170. The van der Waals surface area contributed by atoms with Crippen LogP contribution in [0.1, 0.15) is 51.3 Å². The molecule has 1 aliphatic heterocycles. The standard InChI is InChI=1S/C28H33NO9S/c1-6-20-7-9-21(10-8-20)13-22-11-12-29-14-23(22)38-28-27(37-19(5)33)26(36-18(4)32)25(35-17(3)31)24(39-28)15-34-16(2)30/h7-12,14,24-28H,6,13,15H2,1-5H3/t24-,25-,26+,27-,28-/m1/s1. The number of pyridine rings is 1. The van der Waals surface area contributed by atoms with E-state index < -0.39 is 52.9 Å². The third kappa shape index (κ3) is 8.71. The zero-order valence-electron chi connectivity index (χ0n) is 22.6. The van der Waals surface area contributed by atoms with Gasteiger partial charge in [0.2, 0.25) is 0 Å². The van der Waals surface area contributed by atoms with Crippen molar-refractivity contribution in [2.24, 2.45) is 0 Å². The van der Waals surface area contributed by atoms with Crippen LogP contribution in [0.3, 0.4) is 0 Å². The largest absolute Gasteiger partial charge is 0.474 e. The zero-order valence-corrected chi connectivity index (χ0v) is 23.4. The van der Waals surface area contributed by atoms with Crippen LogP contribution in [0, 0.1) is 0 Å². The highest BCUT2D eigenvalue weighted by Gasteiger charge is 2.53. The highest BCUT2D eigenvalue weighted by molar-refractivity contribution is 8.00. The SMILES string of the molecule is CCc1ccc(Cc2ccncc2O[C@@H]2S[C@H](COC(C)=O)[C@@H](OC(C)=O)[C@H](OC(C)=O)[C@H]2OC(C)=O)cc1. The van der Waals surface area contributed by atoms with Crippen LogP contribution in [0.4, 0.5) is 0 Å². The number of benzene rings is 1. The summed E-state index contributed by atoms with van der Waals surface area (Å²) in [5.74, 6) is -2.07. The van der Waals surface area contributed by atoms with Gasteiger partial charge < -0.3 is 23.7 Å². The molecule has 3 rings (SSSR count). The molecule has 1 saturated heterocycles.